The van der Waals surface area contributed by atoms with Crippen molar-refractivity contribution in [1.29, 1.82) is 0 Å². The molecule has 192 valence electrons. The molecule has 6 rings (SSSR count). The van der Waals surface area contributed by atoms with Crippen molar-refractivity contribution < 1.29 is 21.6 Å². The van der Waals surface area contributed by atoms with E-state index < -0.39 is 20.0 Å². The Morgan fingerprint density at radius 1 is 0.972 bits per heavy atom. The molecule has 2 aliphatic carbocycles. The summed E-state index contributed by atoms with van der Waals surface area (Å²) in [6.07, 6.45) is 7.34. The maximum atomic E-state index is 13.8. The van der Waals surface area contributed by atoms with Gasteiger partial charge in [0.15, 0.2) is 0 Å². The lowest BCUT2D eigenvalue weighted by Gasteiger charge is -2.34. The van der Waals surface area contributed by atoms with Gasteiger partial charge in [-0.05, 0) is 73.1 Å². The third-order valence-electron chi connectivity index (χ3n) is 8.34. The Labute approximate surface area is 212 Å². The number of nitrogens with zero attached hydrogens (tertiary/aromatic N) is 2. The first kappa shape index (κ1) is 23.9. The Balaban J connectivity index is 1.34. The van der Waals surface area contributed by atoms with E-state index in [9.17, 15) is 21.6 Å². The minimum absolute atomic E-state index is 0.161. The van der Waals surface area contributed by atoms with Gasteiger partial charge in [0, 0.05) is 42.0 Å². The van der Waals surface area contributed by atoms with E-state index >= 15 is 0 Å². The average molecular weight is 530 g/mol. The number of fused-ring (bicyclic) bond motifs is 3. The summed E-state index contributed by atoms with van der Waals surface area (Å²) in [5, 5.41) is 0. The summed E-state index contributed by atoms with van der Waals surface area (Å²) < 4.78 is 54.2. The number of piperidine rings is 1. The lowest BCUT2D eigenvalue weighted by atomic mass is 9.70. The highest BCUT2D eigenvalue weighted by molar-refractivity contribution is 7.92. The molecule has 1 amide bonds. The van der Waals surface area contributed by atoms with Crippen LogP contribution in [-0.2, 0) is 25.5 Å². The second kappa shape index (κ2) is 8.29. The van der Waals surface area contributed by atoms with Crippen LogP contribution in [0, 0.1) is 11.8 Å². The number of carbonyl (C=O) groups excluding carboxylic acids is 1. The first-order valence-electron chi connectivity index (χ1n) is 12.6. The van der Waals surface area contributed by atoms with Gasteiger partial charge in [-0.2, -0.15) is 4.31 Å². The number of rotatable bonds is 5. The first-order chi connectivity index (χ1) is 17.1. The molecule has 2 aliphatic heterocycles. The SMILES string of the molecule is CS(=O)(=O)Nc1ccc2c(c1)C1(CCCCC1)CN2C(=O)c1cccc(S(=O)(=O)N2CC3CC3C2)c1. The largest absolute Gasteiger partial charge is 0.307 e. The molecule has 0 aromatic heterocycles. The van der Waals surface area contributed by atoms with Crippen LogP contribution in [-0.4, -0.2) is 52.9 Å². The lowest BCUT2D eigenvalue weighted by Crippen LogP contribution is -2.38. The second-order valence-electron chi connectivity index (χ2n) is 10.9. The molecule has 0 bridgehead atoms. The fraction of sp³-hybridized carbons (Fsp3) is 0.500. The zero-order chi connectivity index (χ0) is 25.3. The molecule has 1 saturated heterocycles. The average Bonchev–Trinajstić information content (AvgIpc) is 3.33. The smallest absolute Gasteiger partial charge is 0.258 e. The number of amides is 1. The summed E-state index contributed by atoms with van der Waals surface area (Å²) in [5.74, 6) is 0.739. The molecule has 10 heteroatoms. The maximum absolute atomic E-state index is 13.8. The van der Waals surface area contributed by atoms with Crippen molar-refractivity contribution in [2.45, 2.75) is 48.8 Å². The molecule has 2 aromatic carbocycles. The van der Waals surface area contributed by atoms with Crippen LogP contribution in [0.4, 0.5) is 11.4 Å². The van der Waals surface area contributed by atoms with Crippen LogP contribution in [0.15, 0.2) is 47.4 Å². The lowest BCUT2D eigenvalue weighted by molar-refractivity contribution is 0.0982. The predicted octanol–water partition coefficient (Wildman–Crippen LogP) is 3.56. The van der Waals surface area contributed by atoms with E-state index in [0.29, 0.717) is 42.7 Å². The van der Waals surface area contributed by atoms with Gasteiger partial charge in [-0.1, -0.05) is 25.3 Å². The van der Waals surface area contributed by atoms with E-state index in [1.54, 1.807) is 39.5 Å². The molecule has 8 nitrogen and oxygen atoms in total. The zero-order valence-corrected chi connectivity index (χ0v) is 21.9. The minimum atomic E-state index is -3.63. The minimum Gasteiger partial charge on any atom is -0.307 e. The fourth-order valence-electron chi connectivity index (χ4n) is 6.43. The van der Waals surface area contributed by atoms with Crippen LogP contribution < -0.4 is 9.62 Å². The molecule has 2 saturated carbocycles. The van der Waals surface area contributed by atoms with Gasteiger partial charge in [-0.15, -0.1) is 0 Å². The van der Waals surface area contributed by atoms with Crippen LogP contribution in [0.2, 0.25) is 0 Å². The zero-order valence-electron chi connectivity index (χ0n) is 20.3. The van der Waals surface area contributed by atoms with Gasteiger partial charge in [-0.3, -0.25) is 9.52 Å². The van der Waals surface area contributed by atoms with Crippen molar-refractivity contribution in [3.8, 4) is 0 Å². The Bertz CT molecular complexity index is 1440. The Hall–Kier alpha value is -2.43. The summed E-state index contributed by atoms with van der Waals surface area (Å²) >= 11 is 0. The van der Waals surface area contributed by atoms with Crippen molar-refractivity contribution in [3.05, 3.63) is 53.6 Å². The Morgan fingerprint density at radius 3 is 2.39 bits per heavy atom. The van der Waals surface area contributed by atoms with E-state index in [0.717, 1.165) is 56.0 Å². The van der Waals surface area contributed by atoms with E-state index in [1.165, 1.54) is 6.07 Å². The number of sulfonamides is 2. The quantitative estimate of drug-likeness (QED) is 0.638. The molecule has 2 aromatic rings. The number of anilines is 2. The summed E-state index contributed by atoms with van der Waals surface area (Å²) in [7, 11) is -7.06. The molecule has 1 spiro atoms. The van der Waals surface area contributed by atoms with E-state index in [-0.39, 0.29) is 16.2 Å². The van der Waals surface area contributed by atoms with Crippen molar-refractivity contribution in [3.63, 3.8) is 0 Å². The third-order valence-corrected chi connectivity index (χ3v) is 10.8. The van der Waals surface area contributed by atoms with Gasteiger partial charge in [0.05, 0.1) is 11.2 Å². The van der Waals surface area contributed by atoms with E-state index in [1.807, 2.05) is 6.07 Å². The highest BCUT2D eigenvalue weighted by atomic mass is 32.2. The number of carbonyl (C=O) groups is 1. The highest BCUT2D eigenvalue weighted by Gasteiger charge is 2.49. The molecule has 4 aliphatic rings. The molecule has 2 atom stereocenters. The highest BCUT2D eigenvalue weighted by Crippen LogP contribution is 2.50. The Morgan fingerprint density at radius 2 is 1.69 bits per heavy atom. The number of nitrogens with one attached hydrogen (secondary N) is 1. The molecule has 2 heterocycles. The van der Waals surface area contributed by atoms with Crippen molar-refractivity contribution in [2.75, 3.05) is 35.5 Å². The fourth-order valence-corrected chi connectivity index (χ4v) is 8.59. The molecule has 3 fully saturated rings. The third kappa shape index (κ3) is 4.13. The topological polar surface area (TPSA) is 104 Å². The molecule has 0 radical (unpaired) electrons. The molecule has 36 heavy (non-hydrogen) atoms. The van der Waals surface area contributed by atoms with Gasteiger partial charge in [0.2, 0.25) is 20.0 Å². The maximum Gasteiger partial charge on any atom is 0.258 e. The molecular weight excluding hydrogens is 498 g/mol. The second-order valence-corrected chi connectivity index (χ2v) is 14.6. The molecule has 1 N–H and O–H groups in total. The van der Waals surface area contributed by atoms with Crippen molar-refractivity contribution >= 4 is 37.3 Å². The summed E-state index contributed by atoms with van der Waals surface area (Å²) in [6, 6.07) is 11.8. The summed E-state index contributed by atoms with van der Waals surface area (Å²) in [5.41, 5.74) is 2.38. The van der Waals surface area contributed by atoms with E-state index in [4.69, 9.17) is 0 Å². The summed E-state index contributed by atoms with van der Waals surface area (Å²) in [4.78, 5) is 15.7. The van der Waals surface area contributed by atoms with Gasteiger partial charge in [0.25, 0.3) is 5.91 Å². The molecular formula is C26H31N3O5S2. The summed E-state index contributed by atoms with van der Waals surface area (Å²) in [6.45, 7) is 1.64. The standard InChI is InChI=1S/C26H31N3O5S2/c1-35(31,32)27-21-8-9-24-23(14-21)26(10-3-2-4-11-26)17-29(24)25(30)18-6-5-7-22(13-18)36(33,34)28-15-19-12-20(19)16-28/h5-9,13-14,19-20,27H,2-4,10-12,15-17H2,1H3. The number of hydrogen-bond donors (Lipinski definition) is 1. The van der Waals surface area contributed by atoms with E-state index in [2.05, 4.69) is 4.72 Å². The number of hydrogen-bond acceptors (Lipinski definition) is 5. The van der Waals surface area contributed by atoms with Crippen molar-refractivity contribution in [1.82, 2.24) is 4.31 Å². The number of benzene rings is 2. The van der Waals surface area contributed by atoms with Gasteiger partial charge in [-0.25, -0.2) is 16.8 Å². The van der Waals surface area contributed by atoms with Gasteiger partial charge >= 0.3 is 0 Å². The van der Waals surface area contributed by atoms with Crippen LogP contribution in [0.5, 0.6) is 0 Å². The predicted molar refractivity (Wildman–Crippen MR) is 138 cm³/mol. The van der Waals surface area contributed by atoms with Crippen LogP contribution in [0.1, 0.15) is 54.4 Å². The van der Waals surface area contributed by atoms with Crippen LogP contribution >= 0.6 is 0 Å². The van der Waals surface area contributed by atoms with Crippen LogP contribution in [0.3, 0.4) is 0 Å². The van der Waals surface area contributed by atoms with Crippen molar-refractivity contribution in [2.24, 2.45) is 11.8 Å². The van der Waals surface area contributed by atoms with Crippen LogP contribution in [0.25, 0.3) is 0 Å². The first-order valence-corrected chi connectivity index (χ1v) is 15.9. The Kier molecular flexibility index (Phi) is 5.51. The van der Waals surface area contributed by atoms with Gasteiger partial charge in [0.1, 0.15) is 0 Å². The monoisotopic (exact) mass is 529 g/mol. The van der Waals surface area contributed by atoms with Gasteiger partial charge < -0.3 is 4.90 Å². The normalized spacial score (nSPS) is 25.0. The molecule has 2 unspecified atom stereocenters.